The second-order valence-electron chi connectivity index (χ2n) is 9.90. The molecule has 2 aliphatic rings. The van der Waals surface area contributed by atoms with Gasteiger partial charge in [0.15, 0.2) is 0 Å². The predicted molar refractivity (Wildman–Crippen MR) is 161 cm³/mol. The van der Waals surface area contributed by atoms with E-state index >= 15 is 0 Å². The summed E-state index contributed by atoms with van der Waals surface area (Å²) in [7, 11) is 1.59. The number of likely N-dealkylation sites (tertiary alicyclic amines) is 1. The maximum atomic E-state index is 11.9. The maximum Gasteiger partial charge on any atom is 0.246 e. The van der Waals surface area contributed by atoms with Crippen LogP contribution in [0.3, 0.4) is 0 Å². The molecule has 0 spiro atoms. The Labute approximate surface area is 241 Å². The number of carbonyl (C=O) groups excluding carboxylic acids is 2. The fourth-order valence-electron chi connectivity index (χ4n) is 5.27. The number of thiophene rings is 1. The first-order valence-corrected chi connectivity index (χ1v) is 14.1. The van der Waals surface area contributed by atoms with Gasteiger partial charge in [-0.25, -0.2) is 9.97 Å². The zero-order valence-electron chi connectivity index (χ0n) is 22.4. The van der Waals surface area contributed by atoms with E-state index in [0.717, 1.165) is 43.6 Å². The number of rotatable bonds is 8. The molecule has 0 aliphatic carbocycles. The summed E-state index contributed by atoms with van der Waals surface area (Å²) in [6, 6.07) is 12.0. The Morgan fingerprint density at radius 3 is 2.90 bits per heavy atom. The van der Waals surface area contributed by atoms with E-state index in [1.54, 1.807) is 35.7 Å². The van der Waals surface area contributed by atoms with Gasteiger partial charge in [0.1, 0.15) is 0 Å². The lowest BCUT2D eigenvalue weighted by molar-refractivity contribution is -0.130. The Morgan fingerprint density at radius 1 is 1.27 bits per heavy atom. The van der Waals surface area contributed by atoms with Crippen LogP contribution in [-0.2, 0) is 22.6 Å². The molecule has 4 aromatic rings. The summed E-state index contributed by atoms with van der Waals surface area (Å²) < 4.78 is 6.64. The molecule has 3 aromatic heterocycles. The third-order valence-electron chi connectivity index (χ3n) is 7.42. The lowest BCUT2D eigenvalue weighted by atomic mass is 9.94. The summed E-state index contributed by atoms with van der Waals surface area (Å²) in [6.07, 6.45) is 6.46. The van der Waals surface area contributed by atoms with Crippen LogP contribution in [0.25, 0.3) is 38.0 Å². The number of aromatic nitrogens is 2. The normalized spacial score (nSPS) is 15.1. The molecule has 41 heavy (non-hydrogen) atoms. The predicted octanol–water partition coefficient (Wildman–Crippen LogP) is 4.18. The molecule has 0 saturated carbocycles. The number of pyridine rings is 2. The number of benzene rings is 1. The van der Waals surface area contributed by atoms with Gasteiger partial charge in [-0.1, -0.05) is 18.7 Å². The molecular formula is C31H28N6O3S. The van der Waals surface area contributed by atoms with Gasteiger partial charge in [0.2, 0.25) is 17.7 Å². The summed E-state index contributed by atoms with van der Waals surface area (Å²) in [5.74, 6) is 0.402. The number of amides is 2. The minimum Gasteiger partial charge on any atom is -0.481 e. The van der Waals surface area contributed by atoms with Gasteiger partial charge in [-0.2, -0.15) is 0 Å². The van der Waals surface area contributed by atoms with Crippen molar-refractivity contribution in [3.63, 3.8) is 0 Å². The number of allylic oxidation sites excluding steroid dienone is 1. The van der Waals surface area contributed by atoms with Crippen molar-refractivity contribution < 1.29 is 14.3 Å². The van der Waals surface area contributed by atoms with Crippen LogP contribution in [0.5, 0.6) is 5.88 Å². The molecule has 1 fully saturated rings. The molecule has 9 nitrogen and oxygen atoms in total. The van der Waals surface area contributed by atoms with Gasteiger partial charge in [0, 0.05) is 70.6 Å². The molecule has 5 heterocycles. The van der Waals surface area contributed by atoms with Crippen molar-refractivity contribution in [3.8, 4) is 28.3 Å². The monoisotopic (exact) mass is 564 g/mol. The van der Waals surface area contributed by atoms with Crippen molar-refractivity contribution in [1.29, 1.82) is 5.41 Å². The van der Waals surface area contributed by atoms with Crippen LogP contribution >= 0.6 is 11.3 Å². The fraction of sp³-hybridized carbons (Fsp3) is 0.194. The van der Waals surface area contributed by atoms with Crippen molar-refractivity contribution in [2.45, 2.75) is 19.0 Å². The smallest absolute Gasteiger partial charge is 0.246 e. The van der Waals surface area contributed by atoms with Gasteiger partial charge in [-0.05, 0) is 46.8 Å². The van der Waals surface area contributed by atoms with E-state index in [2.05, 4.69) is 34.3 Å². The number of nitrogens with one attached hydrogen (secondary N) is 3. The van der Waals surface area contributed by atoms with E-state index in [9.17, 15) is 9.59 Å². The molecule has 2 amide bonds. The van der Waals surface area contributed by atoms with Crippen LogP contribution in [0.2, 0.25) is 0 Å². The average molecular weight is 565 g/mol. The number of methoxy groups -OCH3 is 1. The van der Waals surface area contributed by atoms with Crippen LogP contribution in [-0.4, -0.2) is 59.1 Å². The summed E-state index contributed by atoms with van der Waals surface area (Å²) in [4.78, 5) is 35.1. The Bertz CT molecular complexity index is 1740. The quantitative estimate of drug-likeness (QED) is 0.218. The van der Waals surface area contributed by atoms with Crippen LogP contribution in [0.4, 0.5) is 0 Å². The Balaban J connectivity index is 1.50. The van der Waals surface area contributed by atoms with Crippen LogP contribution < -0.4 is 15.4 Å². The summed E-state index contributed by atoms with van der Waals surface area (Å²) in [5, 5.41) is 17.7. The SMILES string of the molecule is C=CC(=O)N1CC(N/C=C(\C=N)c2nc(-c3ccc4c(c3)CNC(=O)C4)c3ccsc3c2-c2cccnc2OC)C1. The topological polar surface area (TPSA) is 120 Å². The lowest BCUT2D eigenvalue weighted by Crippen LogP contribution is -2.58. The van der Waals surface area contributed by atoms with Crippen molar-refractivity contribution >= 4 is 45.0 Å². The third-order valence-corrected chi connectivity index (χ3v) is 8.35. The molecule has 0 unspecified atom stereocenters. The van der Waals surface area contributed by atoms with Gasteiger partial charge in [-0.3, -0.25) is 9.59 Å². The number of nitrogens with zero attached hydrogens (tertiary/aromatic N) is 3. The highest BCUT2D eigenvalue weighted by Gasteiger charge is 2.29. The highest BCUT2D eigenvalue weighted by molar-refractivity contribution is 7.18. The van der Waals surface area contributed by atoms with E-state index in [1.807, 2.05) is 29.6 Å². The second-order valence-corrected chi connectivity index (χ2v) is 10.8. The van der Waals surface area contributed by atoms with Gasteiger partial charge in [0.25, 0.3) is 0 Å². The summed E-state index contributed by atoms with van der Waals surface area (Å²) in [6.45, 7) is 5.16. The van der Waals surface area contributed by atoms with Crippen molar-refractivity contribution in [1.82, 2.24) is 25.5 Å². The van der Waals surface area contributed by atoms with Crippen LogP contribution in [0, 0.1) is 5.41 Å². The molecule has 0 atom stereocenters. The first-order valence-electron chi connectivity index (χ1n) is 13.2. The first-order chi connectivity index (χ1) is 20.0. The Morgan fingerprint density at radius 2 is 2.12 bits per heavy atom. The molecule has 0 radical (unpaired) electrons. The maximum absolute atomic E-state index is 11.9. The zero-order valence-corrected chi connectivity index (χ0v) is 23.3. The molecule has 2 aliphatic heterocycles. The molecule has 3 N–H and O–H groups in total. The van der Waals surface area contributed by atoms with Gasteiger partial charge < -0.3 is 25.7 Å². The van der Waals surface area contributed by atoms with Crippen molar-refractivity contribution in [3.05, 3.63) is 83.7 Å². The first kappa shape index (κ1) is 26.4. The highest BCUT2D eigenvalue weighted by atomic mass is 32.1. The highest BCUT2D eigenvalue weighted by Crippen LogP contribution is 2.44. The third kappa shape index (κ3) is 4.87. The van der Waals surface area contributed by atoms with E-state index in [4.69, 9.17) is 15.1 Å². The largest absolute Gasteiger partial charge is 0.481 e. The van der Waals surface area contributed by atoms with Crippen molar-refractivity contribution in [2.75, 3.05) is 20.2 Å². The molecule has 1 aromatic carbocycles. The van der Waals surface area contributed by atoms with Crippen molar-refractivity contribution in [2.24, 2.45) is 0 Å². The zero-order chi connectivity index (χ0) is 28.5. The Hall–Kier alpha value is -4.83. The molecule has 1 saturated heterocycles. The van der Waals surface area contributed by atoms with E-state index in [-0.39, 0.29) is 17.9 Å². The number of fused-ring (bicyclic) bond motifs is 2. The molecule has 10 heteroatoms. The van der Waals surface area contributed by atoms with Crippen LogP contribution in [0.1, 0.15) is 16.8 Å². The fourth-order valence-corrected chi connectivity index (χ4v) is 6.22. The average Bonchev–Trinajstić information content (AvgIpc) is 3.47. The number of hydrogen-bond donors (Lipinski definition) is 3. The van der Waals surface area contributed by atoms with Crippen LogP contribution in [0.15, 0.2) is 66.8 Å². The minimum absolute atomic E-state index is 0.0253. The number of hydrogen-bond acceptors (Lipinski definition) is 8. The number of ether oxygens (including phenoxy) is 1. The standard InChI is InChI=1S/C31H28N6O3S/c1-3-26(39)37-16-22(17-37)34-15-21(13-32)29-27(23-5-4-9-33-31(23)40-2)30-24(8-10-41-30)28(36-29)19-7-6-18-12-25(38)35-14-20(18)11-19/h3-11,13,15,22,32,34H,1,12,14,16-17H2,2H3,(H,35,38)/b21-15+,32-13?. The van der Waals surface area contributed by atoms with Gasteiger partial charge in [-0.15, -0.1) is 11.3 Å². The van der Waals surface area contributed by atoms with Gasteiger partial charge in [0.05, 0.1) is 31.0 Å². The van der Waals surface area contributed by atoms with E-state index in [0.29, 0.717) is 43.2 Å². The molecular weight excluding hydrogens is 536 g/mol. The molecule has 6 rings (SSSR count). The van der Waals surface area contributed by atoms with Gasteiger partial charge >= 0.3 is 0 Å². The minimum atomic E-state index is -0.0932. The van der Waals surface area contributed by atoms with E-state index < -0.39 is 0 Å². The summed E-state index contributed by atoms with van der Waals surface area (Å²) >= 11 is 1.60. The lowest BCUT2D eigenvalue weighted by Gasteiger charge is -2.38. The molecule has 206 valence electrons. The number of carbonyl (C=O) groups is 2. The molecule has 0 bridgehead atoms. The summed E-state index contributed by atoms with van der Waals surface area (Å²) in [5.41, 5.74) is 6.64. The second kappa shape index (κ2) is 11.0. The van der Waals surface area contributed by atoms with E-state index in [1.165, 1.54) is 12.3 Å². The Kier molecular flexibility index (Phi) is 7.07.